The molecule has 35 heavy (non-hydrogen) atoms. The molecule has 2 heterocycles. The second-order valence-electron chi connectivity index (χ2n) is 9.17. The van der Waals surface area contributed by atoms with Gasteiger partial charge in [0.05, 0.1) is 34.3 Å². The van der Waals surface area contributed by atoms with Crippen molar-refractivity contribution < 1.29 is 17.9 Å². The van der Waals surface area contributed by atoms with Crippen LogP contribution in [0.2, 0.25) is 5.02 Å². The van der Waals surface area contributed by atoms with Crippen LogP contribution in [-0.4, -0.2) is 55.2 Å². The van der Waals surface area contributed by atoms with Crippen LogP contribution in [0.3, 0.4) is 0 Å². The molecule has 2 aliphatic rings. The van der Waals surface area contributed by atoms with E-state index in [0.29, 0.717) is 47.1 Å². The fourth-order valence-corrected chi connectivity index (χ4v) is 6.54. The fraction of sp³-hybridized carbons (Fsp3) is 0.400. The predicted octanol–water partition coefficient (Wildman–Crippen LogP) is 4.82. The van der Waals surface area contributed by atoms with E-state index in [1.807, 2.05) is 35.0 Å². The fourth-order valence-electron chi connectivity index (χ4n) is 5.27. The predicted molar refractivity (Wildman–Crippen MR) is 136 cm³/mol. The molecule has 3 aromatic rings. The van der Waals surface area contributed by atoms with Gasteiger partial charge in [0.15, 0.2) is 5.75 Å². The Kier molecular flexibility index (Phi) is 6.62. The smallest absolute Gasteiger partial charge is 0.211 e. The van der Waals surface area contributed by atoms with Crippen LogP contribution in [0, 0.1) is 23.2 Å². The average molecular weight is 534 g/mol. The van der Waals surface area contributed by atoms with Gasteiger partial charge in [0.25, 0.3) is 0 Å². The third kappa shape index (κ3) is 4.83. The summed E-state index contributed by atoms with van der Waals surface area (Å²) in [6, 6.07) is 13.6. The summed E-state index contributed by atoms with van der Waals surface area (Å²) in [5.74, 6) is 2.15. The number of hydrogen-bond acceptors (Lipinski definition) is 5. The van der Waals surface area contributed by atoms with Gasteiger partial charge in [-0.2, -0.15) is 5.26 Å². The highest BCUT2D eigenvalue weighted by Crippen LogP contribution is 2.41. The quantitative estimate of drug-likeness (QED) is 0.406. The van der Waals surface area contributed by atoms with Crippen LogP contribution >= 0.6 is 23.2 Å². The van der Waals surface area contributed by atoms with Gasteiger partial charge in [-0.25, -0.2) is 12.7 Å². The molecule has 2 fully saturated rings. The molecule has 0 radical (unpaired) electrons. The van der Waals surface area contributed by atoms with Crippen LogP contribution in [0.15, 0.2) is 42.6 Å². The summed E-state index contributed by atoms with van der Waals surface area (Å²) < 4.78 is 39.1. The molecule has 10 heteroatoms. The molecule has 5 rings (SSSR count). The van der Waals surface area contributed by atoms with E-state index in [2.05, 4.69) is 6.07 Å². The maximum Gasteiger partial charge on any atom is 0.211 e. The molecule has 1 aliphatic heterocycles. The zero-order valence-electron chi connectivity index (χ0n) is 19.2. The number of fused-ring (bicyclic) bond motifs is 2. The van der Waals surface area contributed by atoms with Crippen molar-refractivity contribution in [3.8, 4) is 23.3 Å². The number of aromatic nitrogens is 1. The van der Waals surface area contributed by atoms with Gasteiger partial charge in [-0.05, 0) is 61.1 Å². The normalized spacial score (nSPS) is 22.3. The summed E-state index contributed by atoms with van der Waals surface area (Å²) >= 11 is 12.1. The van der Waals surface area contributed by atoms with Gasteiger partial charge >= 0.3 is 0 Å². The summed E-state index contributed by atoms with van der Waals surface area (Å²) in [6.07, 6.45) is 5.03. The first-order valence-corrected chi connectivity index (χ1v) is 14.2. The van der Waals surface area contributed by atoms with E-state index in [-0.39, 0.29) is 12.7 Å². The lowest BCUT2D eigenvalue weighted by molar-refractivity contribution is 0.195. The van der Waals surface area contributed by atoms with Crippen molar-refractivity contribution in [3.63, 3.8) is 0 Å². The standard InChI is InChI=1S/C25H25Cl2N3O4S/c1-35(31,32)29-14-18-10-22(11-19(18)15-29)34-21-2-3-24-16(9-21)4-6-30(24)20-8-17(13-28)25(23(27)12-20)33-7-5-26/h2-4,6,8-9,12,18-19,22H,5,7,10-11,14-15H2,1H3. The topological polar surface area (TPSA) is 84.6 Å². The molecule has 0 bridgehead atoms. The Morgan fingerprint density at radius 3 is 2.54 bits per heavy atom. The SMILES string of the molecule is CS(=O)(=O)N1CC2CC(Oc3ccc4c(ccn4-c4cc(Cl)c(OCCCl)c(C#N)c4)c3)CC2C1. The van der Waals surface area contributed by atoms with E-state index in [1.54, 1.807) is 16.4 Å². The van der Waals surface area contributed by atoms with Gasteiger partial charge in [-0.1, -0.05) is 11.6 Å². The van der Waals surface area contributed by atoms with E-state index < -0.39 is 10.0 Å². The number of nitriles is 1. The number of rotatable bonds is 7. The summed E-state index contributed by atoms with van der Waals surface area (Å²) in [6.45, 7) is 1.45. The van der Waals surface area contributed by atoms with Gasteiger partial charge in [0, 0.05) is 30.4 Å². The molecule has 7 nitrogen and oxygen atoms in total. The number of nitrogens with zero attached hydrogens (tertiary/aromatic N) is 3. The second kappa shape index (κ2) is 9.55. The third-order valence-corrected chi connectivity index (χ3v) is 8.53. The molecular weight excluding hydrogens is 509 g/mol. The molecule has 2 unspecified atom stereocenters. The minimum absolute atomic E-state index is 0.0868. The maximum absolute atomic E-state index is 11.8. The van der Waals surface area contributed by atoms with Crippen LogP contribution in [0.4, 0.5) is 0 Å². The van der Waals surface area contributed by atoms with Gasteiger partial charge in [0.2, 0.25) is 10.0 Å². The third-order valence-electron chi connectivity index (χ3n) is 6.86. The summed E-state index contributed by atoms with van der Waals surface area (Å²) in [5, 5.41) is 10.9. The van der Waals surface area contributed by atoms with E-state index in [0.717, 1.165) is 35.2 Å². The zero-order valence-corrected chi connectivity index (χ0v) is 21.5. The van der Waals surface area contributed by atoms with Gasteiger partial charge in [0.1, 0.15) is 18.4 Å². The van der Waals surface area contributed by atoms with E-state index in [4.69, 9.17) is 32.7 Å². The highest BCUT2D eigenvalue weighted by Gasteiger charge is 2.44. The lowest BCUT2D eigenvalue weighted by Crippen LogP contribution is -2.29. The van der Waals surface area contributed by atoms with Gasteiger partial charge in [-0.3, -0.25) is 0 Å². The maximum atomic E-state index is 11.8. The first-order valence-electron chi connectivity index (χ1n) is 11.4. The average Bonchev–Trinajstić information content (AvgIpc) is 3.50. The molecular formula is C25H25Cl2N3O4S. The molecule has 1 saturated carbocycles. The number of halogens is 2. The zero-order chi connectivity index (χ0) is 24.7. The van der Waals surface area contributed by atoms with Crippen LogP contribution in [0.5, 0.6) is 11.5 Å². The summed E-state index contributed by atoms with van der Waals surface area (Å²) in [4.78, 5) is 0. The van der Waals surface area contributed by atoms with Crippen LogP contribution in [-0.2, 0) is 10.0 Å². The number of alkyl halides is 1. The Morgan fingerprint density at radius 2 is 1.89 bits per heavy atom. The van der Waals surface area contributed by atoms with Crippen molar-refractivity contribution in [1.82, 2.24) is 8.87 Å². The van der Waals surface area contributed by atoms with Crippen LogP contribution in [0.1, 0.15) is 18.4 Å². The van der Waals surface area contributed by atoms with Gasteiger partial charge in [-0.15, -0.1) is 11.6 Å². The van der Waals surface area contributed by atoms with Crippen molar-refractivity contribution in [3.05, 3.63) is 53.2 Å². The van der Waals surface area contributed by atoms with E-state index in [1.165, 1.54) is 6.26 Å². The highest BCUT2D eigenvalue weighted by atomic mass is 35.5. The lowest BCUT2D eigenvalue weighted by atomic mass is 10.0. The Hall–Kier alpha value is -2.44. The monoisotopic (exact) mass is 533 g/mol. The first-order chi connectivity index (χ1) is 16.8. The highest BCUT2D eigenvalue weighted by molar-refractivity contribution is 7.88. The number of benzene rings is 2. The molecule has 0 spiro atoms. The number of ether oxygens (including phenoxy) is 2. The molecule has 184 valence electrons. The summed E-state index contributed by atoms with van der Waals surface area (Å²) in [5.41, 5.74) is 2.06. The first kappa shape index (κ1) is 24.3. The van der Waals surface area contributed by atoms with Crippen LogP contribution in [0.25, 0.3) is 16.6 Å². The van der Waals surface area contributed by atoms with Crippen LogP contribution < -0.4 is 9.47 Å². The lowest BCUT2D eigenvalue weighted by Gasteiger charge is -2.18. The second-order valence-corrected chi connectivity index (χ2v) is 11.9. The Labute approximate surface area is 214 Å². The molecule has 2 aromatic carbocycles. The van der Waals surface area contributed by atoms with Crippen molar-refractivity contribution in [2.24, 2.45) is 11.8 Å². The van der Waals surface area contributed by atoms with Gasteiger partial charge < -0.3 is 14.0 Å². The Bertz CT molecular complexity index is 1400. The molecule has 1 aliphatic carbocycles. The van der Waals surface area contributed by atoms with E-state index >= 15 is 0 Å². The molecule has 0 N–H and O–H groups in total. The van der Waals surface area contributed by atoms with E-state index in [9.17, 15) is 13.7 Å². The van der Waals surface area contributed by atoms with Crippen molar-refractivity contribution in [2.75, 3.05) is 31.8 Å². The van der Waals surface area contributed by atoms with Crippen molar-refractivity contribution in [2.45, 2.75) is 18.9 Å². The summed E-state index contributed by atoms with van der Waals surface area (Å²) in [7, 11) is -3.13. The number of hydrogen-bond donors (Lipinski definition) is 0. The minimum Gasteiger partial charge on any atom is -0.490 e. The minimum atomic E-state index is -3.13. The number of sulfonamides is 1. The molecule has 0 amide bonds. The Morgan fingerprint density at radius 1 is 1.14 bits per heavy atom. The Balaban J connectivity index is 1.33. The molecule has 2 atom stereocenters. The van der Waals surface area contributed by atoms with Crippen molar-refractivity contribution >= 4 is 44.1 Å². The molecule has 1 saturated heterocycles. The molecule has 1 aromatic heterocycles. The van der Waals surface area contributed by atoms with Crippen molar-refractivity contribution in [1.29, 1.82) is 5.26 Å². The largest absolute Gasteiger partial charge is 0.490 e.